The molecule has 2 amide bonds. The number of urea groups is 1. The van der Waals surface area contributed by atoms with E-state index in [0.717, 1.165) is 5.69 Å². The molecule has 0 unspecified atom stereocenters. The number of H-pyrrole nitrogens is 1. The van der Waals surface area contributed by atoms with Crippen LogP contribution in [-0.2, 0) is 11.3 Å². The number of nitrogens with one attached hydrogen (secondary N) is 3. The van der Waals surface area contributed by atoms with Crippen LogP contribution in [0.4, 0.5) is 4.79 Å². The zero-order valence-electron chi connectivity index (χ0n) is 10.7. The minimum absolute atomic E-state index is 0.266. The molecule has 1 aromatic heterocycles. The summed E-state index contributed by atoms with van der Waals surface area (Å²) in [6.45, 7) is 5.52. The number of imidazole rings is 1. The molecule has 0 saturated carbocycles. The third kappa shape index (κ3) is 4.08. The van der Waals surface area contributed by atoms with E-state index in [9.17, 15) is 9.59 Å². The van der Waals surface area contributed by atoms with E-state index in [1.165, 1.54) is 6.33 Å². The normalized spacial score (nSPS) is 12.8. The van der Waals surface area contributed by atoms with Gasteiger partial charge in [0.2, 0.25) is 0 Å². The number of carbonyl (C=O) groups excluding carboxylic acids is 1. The Morgan fingerprint density at radius 1 is 1.50 bits per heavy atom. The Kier molecular flexibility index (Phi) is 4.30. The van der Waals surface area contributed by atoms with Crippen LogP contribution in [0.15, 0.2) is 12.5 Å². The van der Waals surface area contributed by atoms with Gasteiger partial charge >= 0.3 is 12.0 Å². The van der Waals surface area contributed by atoms with Gasteiger partial charge < -0.3 is 20.7 Å². The van der Waals surface area contributed by atoms with Gasteiger partial charge in [0.05, 0.1) is 18.6 Å². The number of aromatic nitrogens is 2. The average molecular weight is 254 g/mol. The number of carboxylic acids is 1. The lowest BCUT2D eigenvalue weighted by Crippen LogP contribution is -2.52. The summed E-state index contributed by atoms with van der Waals surface area (Å²) in [4.78, 5) is 29.3. The van der Waals surface area contributed by atoms with Gasteiger partial charge in [0.25, 0.3) is 0 Å². The third-order valence-corrected chi connectivity index (χ3v) is 2.38. The third-order valence-electron chi connectivity index (χ3n) is 2.38. The minimum Gasteiger partial charge on any atom is -0.480 e. The molecule has 0 aliphatic heterocycles. The Morgan fingerprint density at radius 3 is 2.61 bits per heavy atom. The lowest BCUT2D eigenvalue weighted by Gasteiger charge is -2.27. The Labute approximate surface area is 105 Å². The van der Waals surface area contributed by atoms with Crippen LogP contribution in [0.3, 0.4) is 0 Å². The van der Waals surface area contributed by atoms with Crippen molar-refractivity contribution in [2.45, 2.75) is 33.4 Å². The van der Waals surface area contributed by atoms with Crippen LogP contribution < -0.4 is 10.6 Å². The summed E-state index contributed by atoms with van der Waals surface area (Å²) >= 11 is 0. The molecule has 100 valence electrons. The quantitative estimate of drug-likeness (QED) is 0.634. The average Bonchev–Trinajstić information content (AvgIpc) is 2.73. The molecular weight excluding hydrogens is 236 g/mol. The second-order valence-corrected chi connectivity index (χ2v) is 5.04. The number of nitrogens with zero attached hydrogens (tertiary/aromatic N) is 1. The maximum Gasteiger partial charge on any atom is 0.326 e. The van der Waals surface area contributed by atoms with Gasteiger partial charge in [0.1, 0.15) is 6.04 Å². The van der Waals surface area contributed by atoms with Crippen molar-refractivity contribution >= 4 is 12.0 Å². The summed E-state index contributed by atoms with van der Waals surface area (Å²) in [6, 6.07) is -1.47. The van der Waals surface area contributed by atoms with E-state index in [1.807, 2.05) is 0 Å². The summed E-state index contributed by atoms with van der Waals surface area (Å²) in [7, 11) is 0. The van der Waals surface area contributed by atoms with E-state index >= 15 is 0 Å². The second-order valence-electron chi connectivity index (χ2n) is 5.04. The highest BCUT2D eigenvalue weighted by molar-refractivity contribution is 5.83. The smallest absolute Gasteiger partial charge is 0.326 e. The second kappa shape index (κ2) is 5.52. The fraction of sp³-hybridized carbons (Fsp3) is 0.545. The molecule has 1 aromatic rings. The van der Waals surface area contributed by atoms with Crippen LogP contribution in [0.2, 0.25) is 0 Å². The summed E-state index contributed by atoms with van der Waals surface area (Å²) in [5.41, 5.74) is 0.185. The van der Waals surface area contributed by atoms with Crippen molar-refractivity contribution in [2.24, 2.45) is 5.41 Å². The van der Waals surface area contributed by atoms with Gasteiger partial charge in [-0.3, -0.25) is 0 Å². The summed E-state index contributed by atoms with van der Waals surface area (Å²) < 4.78 is 0. The van der Waals surface area contributed by atoms with E-state index in [0.29, 0.717) is 0 Å². The highest BCUT2D eigenvalue weighted by atomic mass is 16.4. The molecule has 18 heavy (non-hydrogen) atoms. The summed E-state index contributed by atoms with van der Waals surface area (Å²) in [5, 5.41) is 14.0. The summed E-state index contributed by atoms with van der Waals surface area (Å²) in [5.74, 6) is -1.06. The molecule has 0 aromatic carbocycles. The predicted octanol–water partition coefficient (Wildman–Crippen LogP) is 0.708. The highest BCUT2D eigenvalue weighted by Crippen LogP contribution is 2.19. The molecule has 1 atom stereocenters. The maximum absolute atomic E-state index is 11.6. The van der Waals surface area contributed by atoms with Crippen molar-refractivity contribution in [3.8, 4) is 0 Å². The predicted molar refractivity (Wildman–Crippen MR) is 64.8 cm³/mol. The largest absolute Gasteiger partial charge is 0.480 e. The number of aliphatic carboxylic acids is 1. The van der Waals surface area contributed by atoms with Crippen LogP contribution in [-0.4, -0.2) is 33.1 Å². The number of hydrogen-bond acceptors (Lipinski definition) is 3. The van der Waals surface area contributed by atoms with Crippen molar-refractivity contribution in [2.75, 3.05) is 0 Å². The molecular formula is C11H18N4O3. The first-order valence-electron chi connectivity index (χ1n) is 5.55. The van der Waals surface area contributed by atoms with Gasteiger partial charge in [0.15, 0.2) is 0 Å². The minimum atomic E-state index is -1.06. The van der Waals surface area contributed by atoms with Crippen LogP contribution in [0.1, 0.15) is 26.5 Å². The van der Waals surface area contributed by atoms with Crippen LogP contribution >= 0.6 is 0 Å². The lowest BCUT2D eigenvalue weighted by atomic mass is 9.87. The van der Waals surface area contributed by atoms with Gasteiger partial charge in [-0.2, -0.15) is 0 Å². The number of aromatic amines is 1. The van der Waals surface area contributed by atoms with Crippen molar-refractivity contribution < 1.29 is 14.7 Å². The molecule has 0 aliphatic carbocycles. The van der Waals surface area contributed by atoms with Crippen LogP contribution in [0, 0.1) is 5.41 Å². The molecule has 1 rings (SSSR count). The lowest BCUT2D eigenvalue weighted by molar-refractivity contribution is -0.141. The Balaban J connectivity index is 2.49. The van der Waals surface area contributed by atoms with Crippen molar-refractivity contribution in [1.82, 2.24) is 20.6 Å². The van der Waals surface area contributed by atoms with Crippen LogP contribution in [0.5, 0.6) is 0 Å². The number of carboxylic acid groups (broad SMARTS) is 1. The molecule has 7 nitrogen and oxygen atoms in total. The van der Waals surface area contributed by atoms with Crippen molar-refractivity contribution in [3.63, 3.8) is 0 Å². The number of rotatable bonds is 4. The zero-order valence-corrected chi connectivity index (χ0v) is 10.7. The topological polar surface area (TPSA) is 107 Å². The molecule has 0 fully saturated rings. The van der Waals surface area contributed by atoms with E-state index in [1.54, 1.807) is 27.0 Å². The van der Waals surface area contributed by atoms with Gasteiger partial charge in [-0.05, 0) is 5.41 Å². The number of amides is 2. The fourth-order valence-corrected chi connectivity index (χ4v) is 1.39. The van der Waals surface area contributed by atoms with Crippen molar-refractivity contribution in [1.29, 1.82) is 0 Å². The standard InChI is InChI=1S/C11H18N4O3/c1-11(2,3)8(9(16)17)15-10(18)13-5-7-4-12-6-14-7/h4,6,8H,5H2,1-3H3,(H,12,14)(H,16,17)(H2,13,15,18)/t8-/m1/s1. The maximum atomic E-state index is 11.6. The van der Waals surface area contributed by atoms with Crippen LogP contribution in [0.25, 0.3) is 0 Å². The first-order valence-corrected chi connectivity index (χ1v) is 5.55. The molecule has 1 heterocycles. The number of carbonyl (C=O) groups is 2. The molecule has 0 radical (unpaired) electrons. The number of hydrogen-bond donors (Lipinski definition) is 4. The van der Waals surface area contributed by atoms with E-state index in [4.69, 9.17) is 5.11 Å². The van der Waals surface area contributed by atoms with E-state index in [2.05, 4.69) is 20.6 Å². The highest BCUT2D eigenvalue weighted by Gasteiger charge is 2.32. The van der Waals surface area contributed by atoms with Gasteiger partial charge in [0, 0.05) is 6.20 Å². The van der Waals surface area contributed by atoms with E-state index < -0.39 is 23.5 Å². The first kappa shape index (κ1) is 14.0. The Hall–Kier alpha value is -2.05. The molecule has 0 saturated heterocycles. The fourth-order valence-electron chi connectivity index (χ4n) is 1.39. The Morgan fingerprint density at radius 2 is 2.17 bits per heavy atom. The first-order chi connectivity index (χ1) is 8.30. The van der Waals surface area contributed by atoms with E-state index in [-0.39, 0.29) is 6.54 Å². The van der Waals surface area contributed by atoms with Gasteiger partial charge in [-0.25, -0.2) is 14.6 Å². The molecule has 0 aliphatic rings. The molecule has 0 spiro atoms. The van der Waals surface area contributed by atoms with Crippen molar-refractivity contribution in [3.05, 3.63) is 18.2 Å². The molecule has 7 heteroatoms. The van der Waals surface area contributed by atoms with Gasteiger partial charge in [-0.1, -0.05) is 20.8 Å². The molecule has 4 N–H and O–H groups in total. The zero-order chi connectivity index (χ0) is 13.8. The SMILES string of the molecule is CC(C)(C)[C@H](NC(=O)NCc1cnc[nH]1)C(=O)O. The summed E-state index contributed by atoms with van der Waals surface area (Å²) in [6.07, 6.45) is 3.09. The van der Waals surface area contributed by atoms with Gasteiger partial charge in [-0.15, -0.1) is 0 Å². The Bertz CT molecular complexity index is 408. The molecule has 0 bridgehead atoms. The monoisotopic (exact) mass is 254 g/mol.